The molecule has 0 spiro atoms. The highest BCUT2D eigenvalue weighted by Gasteiger charge is 2.49. The number of hydrogen-bond acceptors (Lipinski definition) is 5. The average molecular weight is 177 g/mol. The largest absolute Gasteiger partial charge is 0.393 e. The molecule has 0 aliphatic carbocycles. The molecule has 0 bridgehead atoms. The molecule has 0 unspecified atom stereocenters. The third kappa shape index (κ3) is 1.18. The van der Waals surface area contributed by atoms with Gasteiger partial charge in [0, 0.05) is 6.54 Å². The van der Waals surface area contributed by atoms with Crippen LogP contribution >= 0.6 is 0 Å². The Balaban J connectivity index is 2.85. The number of β-amino-alcohol motifs (C(OH)–C–C–N with tert-alkyl or cyclic N) is 1. The van der Waals surface area contributed by atoms with Crippen LogP contribution in [0.1, 0.15) is 0 Å². The third-order valence-electron chi connectivity index (χ3n) is 1.96. The lowest BCUT2D eigenvalue weighted by molar-refractivity contribution is -0.182. The number of aliphatic hydroxyl groups excluding tert-OH is 3. The van der Waals surface area contributed by atoms with Gasteiger partial charge in [0.25, 0.3) is 5.91 Å². The van der Waals surface area contributed by atoms with E-state index < -0.39 is 30.3 Å². The summed E-state index contributed by atoms with van der Waals surface area (Å²) in [6, 6.07) is 0. The van der Waals surface area contributed by atoms with E-state index in [-0.39, 0.29) is 6.54 Å². The highest BCUT2D eigenvalue weighted by Crippen LogP contribution is 2.17. The first-order chi connectivity index (χ1) is 5.52. The van der Waals surface area contributed by atoms with Crippen LogP contribution in [0.5, 0.6) is 0 Å². The lowest BCUT2D eigenvalue weighted by Gasteiger charge is -2.37. The van der Waals surface area contributed by atoms with Crippen molar-refractivity contribution in [1.82, 2.24) is 5.32 Å². The summed E-state index contributed by atoms with van der Waals surface area (Å²) in [6.45, 7) is -1.04. The molecule has 0 saturated carbocycles. The smallest absolute Gasteiger partial charge is 0.257 e. The van der Waals surface area contributed by atoms with Crippen LogP contribution < -0.4 is 5.32 Å². The topological polar surface area (TPSA) is 110 Å². The van der Waals surface area contributed by atoms with E-state index in [9.17, 15) is 9.90 Å². The van der Waals surface area contributed by atoms with Gasteiger partial charge in [0.15, 0.2) is 5.60 Å². The van der Waals surface area contributed by atoms with Crippen molar-refractivity contribution in [1.29, 1.82) is 0 Å². The van der Waals surface area contributed by atoms with Crippen molar-refractivity contribution in [3.05, 3.63) is 0 Å². The molecule has 1 amide bonds. The number of aliphatic hydroxyl groups is 4. The highest BCUT2D eigenvalue weighted by atomic mass is 16.4. The number of rotatable bonds is 1. The molecule has 6 nitrogen and oxygen atoms in total. The van der Waals surface area contributed by atoms with Crippen molar-refractivity contribution < 1.29 is 25.2 Å². The van der Waals surface area contributed by atoms with Crippen LogP contribution in [0.25, 0.3) is 0 Å². The molecule has 1 aliphatic rings. The van der Waals surface area contributed by atoms with Crippen LogP contribution in [-0.4, -0.2) is 57.3 Å². The molecule has 12 heavy (non-hydrogen) atoms. The Labute approximate surface area is 68.4 Å². The standard InChI is InChI=1S/C6H11NO5/c8-2-6(12)4(10)3(9)1-7-5(6)11/h3-4,8-10,12H,1-2H2,(H,7,11)/t3-,4-,6-/m1/s1. The molecule has 5 N–H and O–H groups in total. The molecule has 1 rings (SSSR count). The van der Waals surface area contributed by atoms with Gasteiger partial charge < -0.3 is 25.7 Å². The van der Waals surface area contributed by atoms with Gasteiger partial charge in [-0.15, -0.1) is 0 Å². The summed E-state index contributed by atoms with van der Waals surface area (Å²) >= 11 is 0. The third-order valence-corrected chi connectivity index (χ3v) is 1.96. The van der Waals surface area contributed by atoms with Crippen molar-refractivity contribution in [3.8, 4) is 0 Å². The molecular formula is C6H11NO5. The molecule has 1 heterocycles. The summed E-state index contributed by atoms with van der Waals surface area (Å²) in [6.07, 6.45) is -2.89. The van der Waals surface area contributed by atoms with Gasteiger partial charge in [0.05, 0.1) is 6.61 Å². The maximum Gasteiger partial charge on any atom is 0.257 e. The summed E-state index contributed by atoms with van der Waals surface area (Å²) in [7, 11) is 0. The Hall–Kier alpha value is -0.690. The predicted octanol–water partition coefficient (Wildman–Crippen LogP) is -3.44. The second-order valence-electron chi connectivity index (χ2n) is 2.80. The van der Waals surface area contributed by atoms with Gasteiger partial charge in [-0.25, -0.2) is 0 Å². The van der Waals surface area contributed by atoms with Crippen molar-refractivity contribution >= 4 is 5.91 Å². The zero-order chi connectivity index (χ0) is 9.35. The molecule has 70 valence electrons. The molecule has 6 heteroatoms. The fourth-order valence-electron chi connectivity index (χ4n) is 1.08. The molecule has 1 saturated heterocycles. The first-order valence-electron chi connectivity index (χ1n) is 3.50. The van der Waals surface area contributed by atoms with Gasteiger partial charge >= 0.3 is 0 Å². The van der Waals surface area contributed by atoms with Crippen LogP contribution in [0.3, 0.4) is 0 Å². The summed E-state index contributed by atoms with van der Waals surface area (Å²) in [5.74, 6) is -0.872. The molecule has 1 fully saturated rings. The SMILES string of the molecule is O=C1NC[C@@H](O)[C@@H](O)[C@]1(O)CO. The summed E-state index contributed by atoms with van der Waals surface area (Å²) < 4.78 is 0. The van der Waals surface area contributed by atoms with Gasteiger partial charge in [-0.2, -0.15) is 0 Å². The molecule has 0 radical (unpaired) electrons. The minimum absolute atomic E-state index is 0.123. The quantitative estimate of drug-likeness (QED) is 0.286. The first-order valence-corrected chi connectivity index (χ1v) is 3.50. The minimum atomic E-state index is -2.28. The van der Waals surface area contributed by atoms with Crippen LogP contribution in [0.15, 0.2) is 0 Å². The maximum absolute atomic E-state index is 10.9. The lowest BCUT2D eigenvalue weighted by Crippen LogP contribution is -2.67. The first kappa shape index (κ1) is 9.40. The van der Waals surface area contributed by atoms with E-state index in [0.29, 0.717) is 0 Å². The number of amides is 1. The number of nitrogens with one attached hydrogen (secondary N) is 1. The number of carbonyl (C=O) groups is 1. The van der Waals surface area contributed by atoms with Crippen molar-refractivity contribution in [2.75, 3.05) is 13.2 Å². The van der Waals surface area contributed by atoms with E-state index in [1.54, 1.807) is 0 Å². The second-order valence-corrected chi connectivity index (χ2v) is 2.80. The van der Waals surface area contributed by atoms with E-state index in [1.807, 2.05) is 0 Å². The van der Waals surface area contributed by atoms with Crippen LogP contribution in [-0.2, 0) is 4.79 Å². The Morgan fingerprint density at radius 2 is 2.17 bits per heavy atom. The molecule has 0 aromatic heterocycles. The minimum Gasteiger partial charge on any atom is -0.393 e. The fourth-order valence-corrected chi connectivity index (χ4v) is 1.08. The van der Waals surface area contributed by atoms with Crippen LogP contribution in [0.4, 0.5) is 0 Å². The number of hydrogen-bond donors (Lipinski definition) is 5. The highest BCUT2D eigenvalue weighted by molar-refractivity contribution is 5.86. The van der Waals surface area contributed by atoms with Gasteiger partial charge in [-0.3, -0.25) is 4.79 Å². The zero-order valence-corrected chi connectivity index (χ0v) is 6.27. The van der Waals surface area contributed by atoms with E-state index in [0.717, 1.165) is 0 Å². The Morgan fingerprint density at radius 1 is 1.58 bits per heavy atom. The van der Waals surface area contributed by atoms with E-state index in [2.05, 4.69) is 5.32 Å². The molecule has 1 aliphatic heterocycles. The van der Waals surface area contributed by atoms with E-state index in [4.69, 9.17) is 15.3 Å². The second kappa shape index (κ2) is 2.98. The van der Waals surface area contributed by atoms with E-state index >= 15 is 0 Å². The van der Waals surface area contributed by atoms with Gasteiger partial charge in [0.1, 0.15) is 12.2 Å². The molecule has 0 aromatic rings. The van der Waals surface area contributed by atoms with Crippen molar-refractivity contribution in [3.63, 3.8) is 0 Å². The van der Waals surface area contributed by atoms with Crippen molar-refractivity contribution in [2.24, 2.45) is 0 Å². The van der Waals surface area contributed by atoms with Crippen molar-refractivity contribution in [2.45, 2.75) is 17.8 Å². The molecule has 3 atom stereocenters. The average Bonchev–Trinajstić information content (AvgIpc) is 2.08. The molecule has 0 aromatic carbocycles. The normalized spacial score (nSPS) is 42.5. The molecular weight excluding hydrogens is 166 g/mol. The van der Waals surface area contributed by atoms with Crippen LogP contribution in [0, 0.1) is 0 Å². The number of carbonyl (C=O) groups excluding carboxylic acids is 1. The summed E-state index contributed by atoms with van der Waals surface area (Å²) in [4.78, 5) is 10.9. The number of piperidine rings is 1. The predicted molar refractivity (Wildman–Crippen MR) is 37.1 cm³/mol. The zero-order valence-electron chi connectivity index (χ0n) is 6.27. The van der Waals surface area contributed by atoms with Gasteiger partial charge in [0.2, 0.25) is 0 Å². The lowest BCUT2D eigenvalue weighted by atomic mass is 9.89. The monoisotopic (exact) mass is 177 g/mol. The fraction of sp³-hybridized carbons (Fsp3) is 0.833. The Kier molecular flexibility index (Phi) is 2.34. The summed E-state index contributed by atoms with van der Waals surface area (Å²) in [5, 5.41) is 38.3. The van der Waals surface area contributed by atoms with Crippen LogP contribution in [0.2, 0.25) is 0 Å². The Bertz CT molecular complexity index is 196. The van der Waals surface area contributed by atoms with Gasteiger partial charge in [-0.1, -0.05) is 0 Å². The van der Waals surface area contributed by atoms with Gasteiger partial charge in [-0.05, 0) is 0 Å². The van der Waals surface area contributed by atoms with E-state index in [1.165, 1.54) is 0 Å². The maximum atomic E-state index is 10.9. The Morgan fingerprint density at radius 3 is 2.58 bits per heavy atom. The summed E-state index contributed by atoms with van der Waals surface area (Å²) in [5.41, 5.74) is -2.28.